The molecule has 0 bridgehead atoms. The van der Waals surface area contributed by atoms with Crippen LogP contribution in [-0.2, 0) is 7.05 Å². The Bertz CT molecular complexity index is 1570. The number of hydrogen-bond acceptors (Lipinski definition) is 9. The molecule has 1 fully saturated rings. The van der Waals surface area contributed by atoms with E-state index >= 15 is 0 Å². The summed E-state index contributed by atoms with van der Waals surface area (Å²) in [6.45, 7) is 2.15. The number of hydrogen-bond donors (Lipinski definition) is 1. The van der Waals surface area contributed by atoms with Crippen molar-refractivity contribution < 1.29 is 9.47 Å². The zero-order chi connectivity index (χ0) is 27.7. The van der Waals surface area contributed by atoms with E-state index in [4.69, 9.17) is 36.8 Å². The van der Waals surface area contributed by atoms with Crippen molar-refractivity contribution in [1.29, 1.82) is 0 Å². The van der Waals surface area contributed by atoms with Crippen molar-refractivity contribution in [2.45, 2.75) is 18.8 Å². The summed E-state index contributed by atoms with van der Waals surface area (Å²) >= 11 is 6.58. The smallest absolute Gasteiger partial charge is 0.276 e. The molecule has 1 aliphatic rings. The summed E-state index contributed by atoms with van der Waals surface area (Å²) in [6, 6.07) is 7.34. The molecule has 39 heavy (non-hydrogen) atoms. The summed E-state index contributed by atoms with van der Waals surface area (Å²) in [7, 11) is 6.78. The van der Waals surface area contributed by atoms with Crippen LogP contribution in [0.5, 0.6) is 11.5 Å². The molecule has 10 nitrogen and oxygen atoms in total. The average molecular weight is 548 g/mol. The number of nitrogen functional groups attached to an aromatic ring is 1. The standard InChI is InChI=1S/C28H30ClN7O3/c1-35-9-7-16(8-10-35)20-6-5-17(13-31-20)21-14-32-27(30)26(33-21)22-15-36(2)28(37)25(34-22)19-11-18(38-3)12-23(39-4)24(19)29/h5-6,11-16H,7-10H2,1-4H3,(H2,30,32). The molecule has 1 saturated heterocycles. The van der Waals surface area contributed by atoms with Crippen LogP contribution in [-0.4, -0.2) is 63.8 Å². The first-order valence-electron chi connectivity index (χ1n) is 12.6. The molecule has 0 amide bonds. The number of likely N-dealkylation sites (tertiary alicyclic amines) is 1. The molecule has 4 aromatic rings. The molecular weight excluding hydrogens is 518 g/mol. The Balaban J connectivity index is 1.54. The number of rotatable bonds is 6. The average Bonchev–Trinajstić information content (AvgIpc) is 2.95. The van der Waals surface area contributed by atoms with Gasteiger partial charge in [0.05, 0.1) is 31.1 Å². The molecule has 2 N–H and O–H groups in total. The molecule has 5 rings (SSSR count). The third-order valence-electron chi connectivity index (χ3n) is 7.06. The van der Waals surface area contributed by atoms with Crippen molar-refractivity contribution in [1.82, 2.24) is 29.4 Å². The Morgan fingerprint density at radius 3 is 2.38 bits per heavy atom. The van der Waals surface area contributed by atoms with Crippen molar-refractivity contribution in [3.05, 3.63) is 63.9 Å². The number of methoxy groups -OCH3 is 2. The van der Waals surface area contributed by atoms with Gasteiger partial charge >= 0.3 is 0 Å². The minimum absolute atomic E-state index is 0.105. The molecule has 4 heterocycles. The van der Waals surface area contributed by atoms with E-state index in [9.17, 15) is 4.79 Å². The topological polar surface area (TPSA) is 121 Å². The number of halogens is 1. The Morgan fingerprint density at radius 2 is 1.72 bits per heavy atom. The number of aryl methyl sites for hydroxylation is 1. The maximum Gasteiger partial charge on any atom is 0.276 e. The first-order chi connectivity index (χ1) is 18.8. The number of piperidine rings is 1. The lowest BCUT2D eigenvalue weighted by Crippen LogP contribution is -2.29. The van der Waals surface area contributed by atoms with Gasteiger partial charge in [0.15, 0.2) is 5.82 Å². The monoisotopic (exact) mass is 547 g/mol. The van der Waals surface area contributed by atoms with Crippen LogP contribution in [0.15, 0.2) is 47.7 Å². The van der Waals surface area contributed by atoms with Crippen molar-refractivity contribution >= 4 is 17.4 Å². The molecule has 1 aliphatic heterocycles. The normalized spacial score (nSPS) is 14.4. The fourth-order valence-corrected chi connectivity index (χ4v) is 5.01. The highest BCUT2D eigenvalue weighted by molar-refractivity contribution is 6.34. The van der Waals surface area contributed by atoms with Crippen molar-refractivity contribution in [3.63, 3.8) is 0 Å². The van der Waals surface area contributed by atoms with E-state index in [0.29, 0.717) is 40.1 Å². The van der Waals surface area contributed by atoms with Gasteiger partial charge in [-0.1, -0.05) is 11.6 Å². The van der Waals surface area contributed by atoms with E-state index in [0.717, 1.165) is 37.2 Å². The molecule has 0 radical (unpaired) electrons. The number of aromatic nitrogens is 5. The van der Waals surface area contributed by atoms with E-state index in [1.54, 1.807) is 31.6 Å². The largest absolute Gasteiger partial charge is 0.497 e. The summed E-state index contributed by atoms with van der Waals surface area (Å²) < 4.78 is 12.1. The van der Waals surface area contributed by atoms with Crippen LogP contribution >= 0.6 is 11.6 Å². The lowest BCUT2D eigenvalue weighted by Gasteiger charge is -2.28. The molecule has 0 atom stereocenters. The second-order valence-corrected chi connectivity index (χ2v) is 10.00. The van der Waals surface area contributed by atoms with Gasteiger partial charge in [-0.3, -0.25) is 9.78 Å². The number of nitrogens with zero attached hydrogens (tertiary/aromatic N) is 6. The minimum atomic E-state index is -0.354. The van der Waals surface area contributed by atoms with Crippen LogP contribution in [0.2, 0.25) is 5.02 Å². The lowest BCUT2D eigenvalue weighted by atomic mass is 9.93. The number of anilines is 1. The van der Waals surface area contributed by atoms with Crippen LogP contribution in [0.4, 0.5) is 5.82 Å². The predicted molar refractivity (Wildman–Crippen MR) is 151 cm³/mol. The number of nitrogens with two attached hydrogens (primary N) is 1. The summed E-state index contributed by atoms with van der Waals surface area (Å²) in [6.07, 6.45) is 7.19. The first-order valence-corrected chi connectivity index (χ1v) is 12.9. The van der Waals surface area contributed by atoms with Gasteiger partial charge in [-0.2, -0.15) is 0 Å². The molecule has 202 valence electrons. The maximum absolute atomic E-state index is 13.1. The van der Waals surface area contributed by atoms with Gasteiger partial charge in [0.1, 0.15) is 28.6 Å². The molecular formula is C28H30ClN7O3. The van der Waals surface area contributed by atoms with Gasteiger partial charge < -0.3 is 24.7 Å². The van der Waals surface area contributed by atoms with Gasteiger partial charge in [-0.05, 0) is 51.2 Å². The summed E-state index contributed by atoms with van der Waals surface area (Å²) in [4.78, 5) is 34.0. The van der Waals surface area contributed by atoms with Crippen molar-refractivity contribution in [2.75, 3.05) is 40.1 Å². The first kappa shape index (κ1) is 26.6. The zero-order valence-corrected chi connectivity index (χ0v) is 23.1. The molecule has 0 spiro atoms. The third-order valence-corrected chi connectivity index (χ3v) is 7.45. The predicted octanol–water partition coefficient (Wildman–Crippen LogP) is 4.03. The summed E-state index contributed by atoms with van der Waals surface area (Å²) in [5.74, 6) is 1.47. The van der Waals surface area contributed by atoms with Crippen LogP contribution in [0, 0.1) is 0 Å². The van der Waals surface area contributed by atoms with Crippen molar-refractivity contribution in [2.24, 2.45) is 7.05 Å². The molecule has 0 aliphatic carbocycles. The highest BCUT2D eigenvalue weighted by Gasteiger charge is 2.21. The summed E-state index contributed by atoms with van der Waals surface area (Å²) in [5.41, 5.74) is 9.57. The van der Waals surface area contributed by atoms with E-state index in [2.05, 4.69) is 28.0 Å². The van der Waals surface area contributed by atoms with E-state index in [1.807, 2.05) is 12.3 Å². The van der Waals surface area contributed by atoms with E-state index in [1.165, 1.54) is 18.8 Å². The van der Waals surface area contributed by atoms with E-state index < -0.39 is 0 Å². The van der Waals surface area contributed by atoms with Crippen LogP contribution < -0.4 is 20.8 Å². The van der Waals surface area contributed by atoms with Crippen LogP contribution in [0.3, 0.4) is 0 Å². The van der Waals surface area contributed by atoms with Gasteiger partial charge in [-0.25, -0.2) is 15.0 Å². The van der Waals surface area contributed by atoms with Crippen LogP contribution in [0.25, 0.3) is 33.9 Å². The Kier molecular flexibility index (Phi) is 7.49. The second kappa shape index (κ2) is 11.0. The Labute approximate surface area is 231 Å². The summed E-state index contributed by atoms with van der Waals surface area (Å²) in [5, 5.41) is 0.239. The van der Waals surface area contributed by atoms with Crippen LogP contribution in [0.1, 0.15) is 24.5 Å². The molecule has 0 unspecified atom stereocenters. The highest BCUT2D eigenvalue weighted by Crippen LogP contribution is 2.38. The maximum atomic E-state index is 13.1. The Morgan fingerprint density at radius 1 is 0.974 bits per heavy atom. The number of benzene rings is 1. The number of ether oxygens (including phenoxy) is 2. The Hall–Kier alpha value is -4.02. The SMILES string of the molecule is COc1cc(OC)c(Cl)c(-c2nc(-c3nc(-c4ccc(C5CCN(C)CC5)nc4)cnc3N)cn(C)c2=O)c1. The number of pyridine rings is 1. The van der Waals surface area contributed by atoms with Gasteiger partial charge in [0.2, 0.25) is 0 Å². The fourth-order valence-electron chi connectivity index (χ4n) is 4.74. The zero-order valence-electron chi connectivity index (χ0n) is 22.3. The second-order valence-electron chi connectivity index (χ2n) is 9.62. The quantitative estimate of drug-likeness (QED) is 0.381. The molecule has 3 aromatic heterocycles. The molecule has 0 saturated carbocycles. The van der Waals surface area contributed by atoms with Gasteiger partial charge in [-0.15, -0.1) is 0 Å². The van der Waals surface area contributed by atoms with Crippen molar-refractivity contribution in [3.8, 4) is 45.4 Å². The highest BCUT2D eigenvalue weighted by atomic mass is 35.5. The van der Waals surface area contributed by atoms with E-state index in [-0.39, 0.29) is 22.1 Å². The van der Waals surface area contributed by atoms with Gasteiger partial charge in [0, 0.05) is 48.2 Å². The molecule has 1 aromatic carbocycles. The minimum Gasteiger partial charge on any atom is -0.497 e. The fraction of sp³-hybridized carbons (Fsp3) is 0.321. The molecule has 11 heteroatoms. The third kappa shape index (κ3) is 5.30. The van der Waals surface area contributed by atoms with Gasteiger partial charge in [0.25, 0.3) is 5.56 Å². The lowest BCUT2D eigenvalue weighted by molar-refractivity contribution is 0.253.